The highest BCUT2D eigenvalue weighted by atomic mass is 79.9. The van der Waals surface area contributed by atoms with Gasteiger partial charge in [0.2, 0.25) is 0 Å². The fourth-order valence-electron chi connectivity index (χ4n) is 3.11. The fraction of sp³-hybridized carbons (Fsp3) is 0.471. The molecule has 1 aromatic heterocycles. The van der Waals surface area contributed by atoms with Crippen molar-refractivity contribution in [1.29, 1.82) is 0 Å². The van der Waals surface area contributed by atoms with Gasteiger partial charge in [-0.3, -0.25) is 4.68 Å². The normalized spacial score (nSPS) is 17.2. The third-order valence-electron chi connectivity index (χ3n) is 4.35. The molecule has 1 heterocycles. The van der Waals surface area contributed by atoms with E-state index < -0.39 is 0 Å². The summed E-state index contributed by atoms with van der Waals surface area (Å²) < 4.78 is 15.2. The summed E-state index contributed by atoms with van der Waals surface area (Å²) in [4.78, 5) is 0. The Bertz CT molecular complexity index is 573. The van der Waals surface area contributed by atoms with E-state index in [9.17, 15) is 4.39 Å². The van der Waals surface area contributed by atoms with Gasteiger partial charge in [-0.1, -0.05) is 40.9 Å². The van der Waals surface area contributed by atoms with E-state index >= 15 is 0 Å². The average molecular weight is 351 g/mol. The summed E-state index contributed by atoms with van der Waals surface area (Å²) in [7, 11) is 0. The van der Waals surface area contributed by atoms with E-state index in [-0.39, 0.29) is 5.82 Å². The van der Waals surface area contributed by atoms with Gasteiger partial charge in [-0.25, -0.2) is 4.39 Å². The lowest BCUT2D eigenvalue weighted by atomic mass is 9.96. The van der Waals surface area contributed by atoms with Crippen LogP contribution in [0.2, 0.25) is 0 Å². The van der Waals surface area contributed by atoms with E-state index in [0.29, 0.717) is 12.0 Å². The minimum Gasteiger partial charge on any atom is -0.269 e. The summed E-state index contributed by atoms with van der Waals surface area (Å²) in [5, 5.41) is 5.60. The van der Waals surface area contributed by atoms with Crippen molar-refractivity contribution in [1.82, 2.24) is 9.78 Å². The Balaban J connectivity index is 1.70. The van der Waals surface area contributed by atoms with Crippen LogP contribution in [0.25, 0.3) is 0 Å². The maximum Gasteiger partial charge on any atom is 0.123 e. The van der Waals surface area contributed by atoms with Gasteiger partial charge >= 0.3 is 0 Å². The van der Waals surface area contributed by atoms with Gasteiger partial charge in [0, 0.05) is 11.5 Å². The molecule has 1 atom stereocenters. The molecule has 1 aliphatic carbocycles. The SMILES string of the molecule is Fc1ccc(C(CBr)Cc2ccn(C3CCCC3)n2)cc1. The van der Waals surface area contributed by atoms with Crippen LogP contribution in [-0.2, 0) is 6.42 Å². The molecule has 1 saturated carbocycles. The summed E-state index contributed by atoms with van der Waals surface area (Å²) in [5.41, 5.74) is 2.28. The van der Waals surface area contributed by atoms with Crippen LogP contribution in [0.15, 0.2) is 36.5 Å². The molecule has 2 aromatic rings. The van der Waals surface area contributed by atoms with Crippen molar-refractivity contribution in [2.45, 2.75) is 44.1 Å². The van der Waals surface area contributed by atoms with Crippen molar-refractivity contribution in [3.8, 4) is 0 Å². The van der Waals surface area contributed by atoms with E-state index in [4.69, 9.17) is 5.10 Å². The second-order valence-corrected chi connectivity index (χ2v) is 6.48. The predicted molar refractivity (Wildman–Crippen MR) is 86.4 cm³/mol. The van der Waals surface area contributed by atoms with Gasteiger partial charge in [-0.2, -0.15) is 5.10 Å². The molecule has 1 aromatic carbocycles. The zero-order valence-corrected chi connectivity index (χ0v) is 13.6. The summed E-state index contributed by atoms with van der Waals surface area (Å²) in [6, 6.07) is 9.51. The number of aromatic nitrogens is 2. The largest absolute Gasteiger partial charge is 0.269 e. The lowest BCUT2D eigenvalue weighted by molar-refractivity contribution is 0.462. The molecule has 0 spiro atoms. The molecule has 3 rings (SSSR count). The Labute approximate surface area is 133 Å². The van der Waals surface area contributed by atoms with Gasteiger partial charge in [-0.15, -0.1) is 0 Å². The van der Waals surface area contributed by atoms with Crippen LogP contribution in [0.4, 0.5) is 4.39 Å². The third kappa shape index (κ3) is 3.54. The molecule has 0 bridgehead atoms. The van der Waals surface area contributed by atoms with Gasteiger partial charge in [0.25, 0.3) is 0 Å². The van der Waals surface area contributed by atoms with Crippen molar-refractivity contribution in [2.24, 2.45) is 0 Å². The first-order valence-corrected chi connectivity index (χ1v) is 8.74. The van der Waals surface area contributed by atoms with Gasteiger partial charge in [0.15, 0.2) is 0 Å². The Morgan fingerprint density at radius 1 is 1.19 bits per heavy atom. The highest BCUT2D eigenvalue weighted by Gasteiger charge is 2.19. The molecule has 0 amide bonds. The fourth-order valence-corrected chi connectivity index (χ4v) is 3.71. The van der Waals surface area contributed by atoms with E-state index in [2.05, 4.69) is 32.9 Å². The second kappa shape index (κ2) is 6.73. The van der Waals surface area contributed by atoms with Crippen LogP contribution in [0, 0.1) is 5.82 Å². The summed E-state index contributed by atoms with van der Waals surface area (Å²) >= 11 is 3.57. The van der Waals surface area contributed by atoms with Gasteiger partial charge < -0.3 is 0 Å². The van der Waals surface area contributed by atoms with Gasteiger partial charge in [0.05, 0.1) is 11.7 Å². The topological polar surface area (TPSA) is 17.8 Å². The number of nitrogens with zero attached hydrogens (tertiary/aromatic N) is 2. The van der Waals surface area contributed by atoms with E-state index in [1.807, 2.05) is 12.1 Å². The lowest BCUT2D eigenvalue weighted by Gasteiger charge is -2.13. The number of alkyl halides is 1. The minimum absolute atomic E-state index is 0.183. The van der Waals surface area contributed by atoms with Gasteiger partial charge in [-0.05, 0) is 48.9 Å². The highest BCUT2D eigenvalue weighted by Crippen LogP contribution is 2.29. The maximum atomic E-state index is 13.0. The minimum atomic E-state index is -0.183. The molecular formula is C17H20BrFN2. The Morgan fingerprint density at radius 3 is 2.57 bits per heavy atom. The second-order valence-electron chi connectivity index (χ2n) is 5.83. The van der Waals surface area contributed by atoms with Gasteiger partial charge in [0.1, 0.15) is 5.82 Å². The van der Waals surface area contributed by atoms with Crippen molar-refractivity contribution in [3.05, 3.63) is 53.6 Å². The Morgan fingerprint density at radius 2 is 1.90 bits per heavy atom. The molecule has 0 N–H and O–H groups in total. The van der Waals surface area contributed by atoms with Crippen molar-refractivity contribution in [2.75, 3.05) is 5.33 Å². The summed E-state index contributed by atoms with van der Waals surface area (Å²) in [6.07, 6.45) is 8.14. The Kier molecular flexibility index (Phi) is 4.73. The predicted octanol–water partition coefficient (Wildman–Crippen LogP) is 4.86. The number of hydrogen-bond acceptors (Lipinski definition) is 1. The van der Waals surface area contributed by atoms with E-state index in [1.165, 1.54) is 37.8 Å². The third-order valence-corrected chi connectivity index (χ3v) is 5.13. The highest BCUT2D eigenvalue weighted by molar-refractivity contribution is 9.09. The maximum absolute atomic E-state index is 13.0. The van der Waals surface area contributed by atoms with Crippen LogP contribution < -0.4 is 0 Å². The standard InChI is InChI=1S/C17H20BrFN2/c18-12-14(13-5-7-15(19)8-6-13)11-16-9-10-21(20-16)17-3-1-2-4-17/h5-10,14,17H,1-4,11-12H2. The zero-order valence-electron chi connectivity index (χ0n) is 12.0. The summed E-state index contributed by atoms with van der Waals surface area (Å²) in [6.45, 7) is 0. The molecule has 1 unspecified atom stereocenters. The molecule has 4 heteroatoms. The van der Waals surface area contributed by atoms with Crippen molar-refractivity contribution < 1.29 is 4.39 Å². The number of benzene rings is 1. The number of rotatable bonds is 5. The van der Waals surface area contributed by atoms with E-state index in [0.717, 1.165) is 23.0 Å². The number of halogens is 2. The quantitative estimate of drug-likeness (QED) is 0.704. The molecule has 0 radical (unpaired) electrons. The van der Waals surface area contributed by atoms with Crippen LogP contribution in [0.1, 0.15) is 48.9 Å². The molecule has 1 fully saturated rings. The monoisotopic (exact) mass is 350 g/mol. The number of hydrogen-bond donors (Lipinski definition) is 0. The smallest absolute Gasteiger partial charge is 0.123 e. The van der Waals surface area contributed by atoms with Crippen molar-refractivity contribution >= 4 is 15.9 Å². The zero-order chi connectivity index (χ0) is 14.7. The van der Waals surface area contributed by atoms with Crippen LogP contribution in [0.5, 0.6) is 0 Å². The molecule has 21 heavy (non-hydrogen) atoms. The first kappa shape index (κ1) is 14.8. The van der Waals surface area contributed by atoms with Crippen molar-refractivity contribution in [3.63, 3.8) is 0 Å². The summed E-state index contributed by atoms with van der Waals surface area (Å²) in [5.74, 6) is 0.148. The average Bonchev–Trinajstić information content (AvgIpc) is 3.17. The van der Waals surface area contributed by atoms with Crippen LogP contribution in [-0.4, -0.2) is 15.1 Å². The molecule has 2 nitrogen and oxygen atoms in total. The first-order valence-electron chi connectivity index (χ1n) is 7.61. The molecule has 0 saturated heterocycles. The molecule has 112 valence electrons. The molecule has 1 aliphatic rings. The lowest BCUT2D eigenvalue weighted by Crippen LogP contribution is -2.08. The molecular weight excluding hydrogens is 331 g/mol. The molecule has 0 aliphatic heterocycles. The Hall–Kier alpha value is -1.16. The first-order chi connectivity index (χ1) is 10.3. The van der Waals surface area contributed by atoms with Crippen LogP contribution >= 0.6 is 15.9 Å². The van der Waals surface area contributed by atoms with E-state index in [1.54, 1.807) is 0 Å². The van der Waals surface area contributed by atoms with Crippen LogP contribution in [0.3, 0.4) is 0 Å².